The van der Waals surface area contributed by atoms with Crippen molar-refractivity contribution in [1.29, 1.82) is 0 Å². The lowest BCUT2D eigenvalue weighted by molar-refractivity contribution is 0.0623. The van der Waals surface area contributed by atoms with E-state index in [0.29, 0.717) is 18.4 Å². The molecule has 1 saturated heterocycles. The zero-order valence-electron chi connectivity index (χ0n) is 21.1. The van der Waals surface area contributed by atoms with Crippen molar-refractivity contribution in [1.82, 2.24) is 19.4 Å². The number of ether oxygens (including phenoxy) is 1. The molecule has 0 aliphatic carbocycles. The van der Waals surface area contributed by atoms with Gasteiger partial charge in [-0.15, -0.1) is 0 Å². The highest BCUT2D eigenvalue weighted by atomic mass is 32.2. The molecule has 5 rings (SSSR count). The number of imidazole rings is 1. The highest BCUT2D eigenvalue weighted by Crippen LogP contribution is 2.28. The van der Waals surface area contributed by atoms with E-state index in [1.807, 2.05) is 41.4 Å². The number of nitrogens with zero attached hydrogens (tertiary/aromatic N) is 4. The van der Waals surface area contributed by atoms with Gasteiger partial charge in [-0.3, -0.25) is 9.78 Å². The van der Waals surface area contributed by atoms with E-state index in [4.69, 9.17) is 9.72 Å². The Labute approximate surface area is 216 Å². The molecule has 0 unspecified atom stereocenters. The predicted octanol–water partition coefficient (Wildman–Crippen LogP) is 5.90. The summed E-state index contributed by atoms with van der Waals surface area (Å²) >= 11 is 1.70. The lowest BCUT2D eigenvalue weighted by atomic mass is 9.91. The Hall–Kier alpha value is -3.32. The van der Waals surface area contributed by atoms with Crippen molar-refractivity contribution in [3.05, 3.63) is 83.7 Å². The van der Waals surface area contributed by atoms with Crippen molar-refractivity contribution < 1.29 is 9.53 Å². The minimum absolute atomic E-state index is 0.139. The smallest absolute Gasteiger partial charge is 0.253 e. The summed E-state index contributed by atoms with van der Waals surface area (Å²) in [6.45, 7) is 6.84. The predicted molar refractivity (Wildman–Crippen MR) is 144 cm³/mol. The molecule has 0 bridgehead atoms. The van der Waals surface area contributed by atoms with Crippen LogP contribution in [0, 0.1) is 11.8 Å². The minimum atomic E-state index is 0.139. The Balaban J connectivity index is 1.31. The molecule has 6 nitrogen and oxygen atoms in total. The number of likely N-dealkylation sites (tertiary alicyclic amines) is 1. The number of hydrogen-bond acceptors (Lipinski definition) is 5. The summed E-state index contributed by atoms with van der Waals surface area (Å²) in [7, 11) is 1.68. The first-order chi connectivity index (χ1) is 17.5. The van der Waals surface area contributed by atoms with E-state index in [1.54, 1.807) is 25.1 Å². The highest BCUT2D eigenvalue weighted by Gasteiger charge is 2.26. The third kappa shape index (κ3) is 5.41. The van der Waals surface area contributed by atoms with Crippen LogP contribution in [0.1, 0.15) is 41.8 Å². The number of piperidine rings is 1. The largest absolute Gasteiger partial charge is 0.497 e. The zero-order chi connectivity index (χ0) is 25.1. The van der Waals surface area contributed by atoms with E-state index in [0.717, 1.165) is 57.5 Å². The molecule has 186 valence electrons. The van der Waals surface area contributed by atoms with Gasteiger partial charge in [-0.2, -0.15) is 0 Å². The molecule has 3 heterocycles. The number of carbonyl (C=O) groups excluding carboxylic acids is 1. The number of fused-ring (bicyclic) bond motifs is 1. The molecule has 2 aromatic heterocycles. The summed E-state index contributed by atoms with van der Waals surface area (Å²) in [5.41, 5.74) is 5.01. The fourth-order valence-electron chi connectivity index (χ4n) is 5.07. The van der Waals surface area contributed by atoms with Crippen molar-refractivity contribution >= 4 is 28.7 Å². The molecule has 4 aromatic rings. The Morgan fingerprint density at radius 2 is 1.83 bits per heavy atom. The molecule has 2 atom stereocenters. The molecule has 1 aliphatic heterocycles. The van der Waals surface area contributed by atoms with Crippen molar-refractivity contribution in [3.63, 3.8) is 0 Å². The van der Waals surface area contributed by atoms with E-state index in [9.17, 15) is 4.79 Å². The number of rotatable bonds is 7. The Morgan fingerprint density at radius 3 is 2.58 bits per heavy atom. The number of benzene rings is 2. The normalized spacial score (nSPS) is 17.9. The van der Waals surface area contributed by atoms with Crippen LogP contribution in [0.3, 0.4) is 0 Å². The maximum absolute atomic E-state index is 13.0. The number of pyridine rings is 1. The first kappa shape index (κ1) is 24.4. The van der Waals surface area contributed by atoms with Crippen LogP contribution in [0.5, 0.6) is 5.75 Å². The Morgan fingerprint density at radius 1 is 1.06 bits per heavy atom. The van der Waals surface area contributed by atoms with Crippen LogP contribution < -0.4 is 4.74 Å². The van der Waals surface area contributed by atoms with Crippen LogP contribution in [0.15, 0.2) is 72.1 Å². The standard InChI is InChI=1S/C29H32N4O2S/c1-20-13-21(2)17-32(16-20)28(34)24-9-7-22(8-10-24)19-36-29-31-26-11-12-30-15-27(26)33(29)18-23-5-4-6-25(14-23)35-3/h4-12,14-15,20-21H,13,16-19H2,1-3H3/t20-,21+. The summed E-state index contributed by atoms with van der Waals surface area (Å²) in [5.74, 6) is 2.85. The Bertz CT molecular complexity index is 1340. The molecule has 1 aliphatic rings. The van der Waals surface area contributed by atoms with Gasteiger partial charge in [0, 0.05) is 30.6 Å². The van der Waals surface area contributed by atoms with E-state index in [2.05, 4.69) is 47.7 Å². The fourth-order valence-corrected chi connectivity index (χ4v) is 6.04. The summed E-state index contributed by atoms with van der Waals surface area (Å²) < 4.78 is 7.61. The fraction of sp³-hybridized carbons (Fsp3) is 0.345. The van der Waals surface area contributed by atoms with Crippen LogP contribution >= 0.6 is 11.8 Å². The maximum Gasteiger partial charge on any atom is 0.253 e. The second kappa shape index (κ2) is 10.7. The third-order valence-corrected chi connectivity index (χ3v) is 7.76. The SMILES string of the molecule is COc1cccc(Cn2c(SCc3ccc(C(=O)N4C[C@H](C)C[C@H](C)C4)cc3)nc3ccncc32)c1. The van der Waals surface area contributed by atoms with Crippen LogP contribution in [0.25, 0.3) is 11.0 Å². The summed E-state index contributed by atoms with van der Waals surface area (Å²) in [6, 6.07) is 18.1. The van der Waals surface area contributed by atoms with E-state index in [1.165, 1.54) is 6.42 Å². The molecule has 0 spiro atoms. The van der Waals surface area contributed by atoms with Gasteiger partial charge >= 0.3 is 0 Å². The number of thioether (sulfide) groups is 1. The third-order valence-electron chi connectivity index (χ3n) is 6.72. The van der Waals surface area contributed by atoms with E-state index < -0.39 is 0 Å². The average Bonchev–Trinajstić information content (AvgIpc) is 3.24. The highest BCUT2D eigenvalue weighted by molar-refractivity contribution is 7.98. The molecule has 1 amide bonds. The monoisotopic (exact) mass is 500 g/mol. The van der Waals surface area contributed by atoms with Gasteiger partial charge in [0.15, 0.2) is 5.16 Å². The van der Waals surface area contributed by atoms with Crippen LogP contribution in [-0.2, 0) is 12.3 Å². The summed E-state index contributed by atoms with van der Waals surface area (Å²) in [4.78, 5) is 24.3. The maximum atomic E-state index is 13.0. The number of hydrogen-bond donors (Lipinski definition) is 0. The first-order valence-corrected chi connectivity index (χ1v) is 13.4. The van der Waals surface area contributed by atoms with Gasteiger partial charge in [0.05, 0.1) is 30.9 Å². The topological polar surface area (TPSA) is 60.2 Å². The Kier molecular flexibility index (Phi) is 7.28. The van der Waals surface area contributed by atoms with Crippen LogP contribution in [0.4, 0.5) is 0 Å². The van der Waals surface area contributed by atoms with Crippen molar-refractivity contribution in [3.8, 4) is 5.75 Å². The lowest BCUT2D eigenvalue weighted by Crippen LogP contribution is -2.42. The molecule has 0 saturated carbocycles. The van der Waals surface area contributed by atoms with Gasteiger partial charge in [-0.25, -0.2) is 4.98 Å². The average molecular weight is 501 g/mol. The number of amides is 1. The molecule has 7 heteroatoms. The van der Waals surface area contributed by atoms with E-state index >= 15 is 0 Å². The second-order valence-electron chi connectivity index (χ2n) is 9.84. The molecule has 0 N–H and O–H groups in total. The second-order valence-corrected chi connectivity index (χ2v) is 10.8. The van der Waals surface area contributed by atoms with Gasteiger partial charge < -0.3 is 14.2 Å². The number of methoxy groups -OCH3 is 1. The summed E-state index contributed by atoms with van der Waals surface area (Å²) in [5, 5.41) is 0.942. The summed E-state index contributed by atoms with van der Waals surface area (Å²) in [6.07, 6.45) is 4.84. The zero-order valence-corrected chi connectivity index (χ0v) is 21.9. The van der Waals surface area contributed by atoms with Crippen molar-refractivity contribution in [2.75, 3.05) is 20.2 Å². The van der Waals surface area contributed by atoms with Crippen LogP contribution in [-0.4, -0.2) is 45.5 Å². The van der Waals surface area contributed by atoms with Gasteiger partial charge in [-0.05, 0) is 59.7 Å². The van der Waals surface area contributed by atoms with Gasteiger partial charge in [0.2, 0.25) is 0 Å². The van der Waals surface area contributed by atoms with Crippen molar-refractivity contribution in [2.24, 2.45) is 11.8 Å². The van der Waals surface area contributed by atoms with Gasteiger partial charge in [0.1, 0.15) is 5.75 Å². The van der Waals surface area contributed by atoms with E-state index in [-0.39, 0.29) is 5.91 Å². The van der Waals surface area contributed by atoms with Crippen molar-refractivity contribution in [2.45, 2.75) is 37.7 Å². The molecule has 2 aromatic carbocycles. The molecule has 1 fully saturated rings. The lowest BCUT2D eigenvalue weighted by Gasteiger charge is -2.35. The quantitative estimate of drug-likeness (QED) is 0.296. The molecular formula is C29H32N4O2S. The molecule has 36 heavy (non-hydrogen) atoms. The van der Waals surface area contributed by atoms with Gasteiger partial charge in [0.25, 0.3) is 5.91 Å². The number of aromatic nitrogens is 3. The van der Waals surface area contributed by atoms with Gasteiger partial charge in [-0.1, -0.05) is 49.9 Å². The first-order valence-electron chi connectivity index (χ1n) is 12.4. The van der Waals surface area contributed by atoms with Crippen LogP contribution in [0.2, 0.25) is 0 Å². The number of carbonyl (C=O) groups is 1. The molecular weight excluding hydrogens is 468 g/mol. The minimum Gasteiger partial charge on any atom is -0.497 e. The molecule has 0 radical (unpaired) electrons.